The van der Waals surface area contributed by atoms with Crippen molar-refractivity contribution in [2.24, 2.45) is 5.92 Å². The molecule has 2 aromatic rings. The van der Waals surface area contributed by atoms with Crippen molar-refractivity contribution in [1.82, 2.24) is 20.2 Å². The first kappa shape index (κ1) is 10.3. The third-order valence-electron chi connectivity index (χ3n) is 3.31. The topological polar surface area (TPSA) is 55.6 Å². The van der Waals surface area contributed by atoms with E-state index in [1.54, 1.807) is 11.0 Å². The van der Waals surface area contributed by atoms with Crippen molar-refractivity contribution in [1.29, 1.82) is 0 Å². The Morgan fingerprint density at radius 3 is 2.88 bits per heavy atom. The number of benzene rings is 1. The van der Waals surface area contributed by atoms with Gasteiger partial charge in [0, 0.05) is 6.54 Å². The van der Waals surface area contributed by atoms with Crippen LogP contribution in [0.1, 0.15) is 19.3 Å². The Hall–Kier alpha value is -1.91. The molecule has 0 spiro atoms. The fourth-order valence-electron chi connectivity index (χ4n) is 2.05. The van der Waals surface area contributed by atoms with Gasteiger partial charge in [0.05, 0.1) is 11.4 Å². The van der Waals surface area contributed by atoms with Crippen LogP contribution in [-0.4, -0.2) is 26.8 Å². The third-order valence-corrected chi connectivity index (χ3v) is 3.31. The molecule has 0 bridgehead atoms. The van der Waals surface area contributed by atoms with Crippen LogP contribution in [0.25, 0.3) is 5.69 Å². The van der Waals surface area contributed by atoms with Crippen LogP contribution in [0.5, 0.6) is 0 Å². The Balaban J connectivity index is 1.78. The molecular weight excluding hydrogens is 214 g/mol. The molecule has 1 aromatic heterocycles. The van der Waals surface area contributed by atoms with Crippen LogP contribution in [0.2, 0.25) is 0 Å². The third kappa shape index (κ3) is 2.13. The zero-order valence-electron chi connectivity index (χ0n) is 9.58. The maximum absolute atomic E-state index is 3.92. The molecule has 1 heterocycles. The fraction of sp³-hybridized carbons (Fsp3) is 0.417. The monoisotopic (exact) mass is 229 g/mol. The highest BCUT2D eigenvalue weighted by Crippen LogP contribution is 2.27. The Morgan fingerprint density at radius 2 is 2.18 bits per heavy atom. The van der Waals surface area contributed by atoms with Gasteiger partial charge in [-0.25, -0.2) is 0 Å². The predicted octanol–water partition coefficient (Wildman–Crippen LogP) is 1.87. The zero-order valence-corrected chi connectivity index (χ0v) is 9.58. The number of rotatable bonds is 4. The number of nitrogens with zero attached hydrogens (tertiary/aromatic N) is 4. The van der Waals surface area contributed by atoms with Crippen molar-refractivity contribution in [2.75, 3.05) is 11.9 Å². The van der Waals surface area contributed by atoms with Crippen molar-refractivity contribution < 1.29 is 0 Å². The van der Waals surface area contributed by atoms with Gasteiger partial charge in [-0.05, 0) is 41.3 Å². The van der Waals surface area contributed by atoms with Gasteiger partial charge < -0.3 is 5.32 Å². The number of hydrogen-bond donors (Lipinski definition) is 1. The molecule has 5 nitrogen and oxygen atoms in total. The summed E-state index contributed by atoms with van der Waals surface area (Å²) in [5.41, 5.74) is 2.09. The van der Waals surface area contributed by atoms with Crippen LogP contribution >= 0.6 is 0 Å². The fourth-order valence-corrected chi connectivity index (χ4v) is 2.05. The molecule has 0 saturated heterocycles. The van der Waals surface area contributed by atoms with Crippen molar-refractivity contribution in [3.8, 4) is 5.69 Å². The molecule has 0 atom stereocenters. The van der Waals surface area contributed by atoms with E-state index in [-0.39, 0.29) is 0 Å². The summed E-state index contributed by atoms with van der Waals surface area (Å²) >= 11 is 0. The van der Waals surface area contributed by atoms with E-state index in [1.807, 2.05) is 18.2 Å². The summed E-state index contributed by atoms with van der Waals surface area (Å²) in [5.74, 6) is 0.830. The lowest BCUT2D eigenvalue weighted by Crippen LogP contribution is -2.21. The number of para-hydroxylation sites is 2. The van der Waals surface area contributed by atoms with Gasteiger partial charge in [-0.3, -0.25) is 0 Å². The molecule has 17 heavy (non-hydrogen) atoms. The second-order valence-electron chi connectivity index (χ2n) is 4.45. The van der Waals surface area contributed by atoms with E-state index in [9.17, 15) is 0 Å². The van der Waals surface area contributed by atoms with E-state index in [0.29, 0.717) is 0 Å². The first-order chi connectivity index (χ1) is 8.43. The number of nitrogens with one attached hydrogen (secondary N) is 1. The maximum atomic E-state index is 3.92. The van der Waals surface area contributed by atoms with Gasteiger partial charge in [0.1, 0.15) is 6.33 Å². The summed E-state index contributed by atoms with van der Waals surface area (Å²) in [6, 6.07) is 8.09. The zero-order chi connectivity index (χ0) is 11.5. The Kier molecular flexibility index (Phi) is 2.73. The molecule has 1 saturated carbocycles. The van der Waals surface area contributed by atoms with Gasteiger partial charge >= 0.3 is 0 Å². The SMILES string of the molecule is c1ccc(-n2cnnn2)c(NCC2CCC2)c1. The molecule has 3 rings (SSSR count). The van der Waals surface area contributed by atoms with E-state index in [4.69, 9.17) is 0 Å². The molecule has 1 N–H and O–H groups in total. The average Bonchev–Trinajstić information content (AvgIpc) is 2.81. The summed E-state index contributed by atoms with van der Waals surface area (Å²) in [6.45, 7) is 1.04. The highest BCUT2D eigenvalue weighted by atomic mass is 15.5. The Morgan fingerprint density at radius 1 is 1.29 bits per heavy atom. The lowest BCUT2D eigenvalue weighted by molar-refractivity contribution is 0.333. The molecule has 5 heteroatoms. The Bertz CT molecular complexity index is 475. The number of anilines is 1. The van der Waals surface area contributed by atoms with Crippen molar-refractivity contribution in [3.05, 3.63) is 30.6 Å². The van der Waals surface area contributed by atoms with Crippen LogP contribution in [0.4, 0.5) is 5.69 Å². The van der Waals surface area contributed by atoms with Crippen LogP contribution < -0.4 is 5.32 Å². The second-order valence-corrected chi connectivity index (χ2v) is 4.45. The molecule has 1 aromatic carbocycles. The number of aromatic nitrogens is 4. The highest BCUT2D eigenvalue weighted by Gasteiger charge is 2.17. The van der Waals surface area contributed by atoms with Gasteiger partial charge in [-0.2, -0.15) is 4.68 Å². The summed E-state index contributed by atoms with van der Waals surface area (Å²) in [4.78, 5) is 0. The standard InChI is InChI=1S/C12H15N5/c1-2-7-12(17-9-14-15-16-17)11(6-1)13-8-10-4-3-5-10/h1-2,6-7,9-10,13H,3-5,8H2. The minimum Gasteiger partial charge on any atom is -0.383 e. The highest BCUT2D eigenvalue weighted by molar-refractivity contribution is 5.60. The van der Waals surface area contributed by atoms with E-state index < -0.39 is 0 Å². The molecule has 1 aliphatic carbocycles. The lowest BCUT2D eigenvalue weighted by atomic mass is 9.85. The largest absolute Gasteiger partial charge is 0.383 e. The quantitative estimate of drug-likeness (QED) is 0.869. The van der Waals surface area contributed by atoms with Crippen molar-refractivity contribution in [3.63, 3.8) is 0 Å². The van der Waals surface area contributed by atoms with Gasteiger partial charge in [-0.15, -0.1) is 5.10 Å². The molecule has 1 aliphatic rings. The second kappa shape index (κ2) is 4.53. The number of tetrazole rings is 1. The summed E-state index contributed by atoms with van der Waals surface area (Å²) in [6.07, 6.45) is 5.69. The van der Waals surface area contributed by atoms with Crippen molar-refractivity contribution in [2.45, 2.75) is 19.3 Å². The van der Waals surface area contributed by atoms with Gasteiger partial charge in [0.2, 0.25) is 0 Å². The van der Waals surface area contributed by atoms with Crippen LogP contribution in [0.3, 0.4) is 0 Å². The molecule has 0 unspecified atom stereocenters. The molecule has 88 valence electrons. The average molecular weight is 229 g/mol. The van der Waals surface area contributed by atoms with Crippen LogP contribution in [-0.2, 0) is 0 Å². The van der Waals surface area contributed by atoms with Crippen LogP contribution in [0.15, 0.2) is 30.6 Å². The van der Waals surface area contributed by atoms with E-state index in [1.165, 1.54) is 19.3 Å². The number of hydrogen-bond acceptors (Lipinski definition) is 4. The van der Waals surface area contributed by atoms with Gasteiger partial charge in [0.25, 0.3) is 0 Å². The van der Waals surface area contributed by atoms with Gasteiger partial charge in [-0.1, -0.05) is 18.6 Å². The molecule has 0 amide bonds. The summed E-state index contributed by atoms with van der Waals surface area (Å²) in [5, 5.41) is 14.7. The first-order valence-electron chi connectivity index (χ1n) is 6.00. The summed E-state index contributed by atoms with van der Waals surface area (Å²) in [7, 11) is 0. The Labute approximate surface area is 99.8 Å². The molecule has 0 aliphatic heterocycles. The lowest BCUT2D eigenvalue weighted by Gasteiger charge is -2.26. The molecule has 1 fully saturated rings. The molecule has 0 radical (unpaired) electrons. The van der Waals surface area contributed by atoms with Crippen LogP contribution in [0, 0.1) is 5.92 Å². The summed E-state index contributed by atoms with van der Waals surface area (Å²) < 4.78 is 1.68. The smallest absolute Gasteiger partial charge is 0.143 e. The molecular formula is C12H15N5. The van der Waals surface area contributed by atoms with E-state index in [2.05, 4.69) is 26.9 Å². The van der Waals surface area contributed by atoms with Gasteiger partial charge in [0.15, 0.2) is 0 Å². The minimum atomic E-state index is 0.830. The van der Waals surface area contributed by atoms with E-state index in [0.717, 1.165) is 23.8 Å². The van der Waals surface area contributed by atoms with Crippen molar-refractivity contribution >= 4 is 5.69 Å². The predicted molar refractivity (Wildman–Crippen MR) is 65.0 cm³/mol. The maximum Gasteiger partial charge on any atom is 0.143 e. The minimum absolute atomic E-state index is 0.830. The normalized spacial score (nSPS) is 15.5. The van der Waals surface area contributed by atoms with E-state index >= 15 is 0 Å². The first-order valence-corrected chi connectivity index (χ1v) is 6.00.